The summed E-state index contributed by atoms with van der Waals surface area (Å²) in [4.78, 5) is 34.5. The van der Waals surface area contributed by atoms with Gasteiger partial charge in [-0.15, -0.1) is 4.91 Å². The van der Waals surface area contributed by atoms with Gasteiger partial charge in [0, 0.05) is 19.3 Å². The van der Waals surface area contributed by atoms with E-state index in [9.17, 15) is 19.6 Å². The van der Waals surface area contributed by atoms with Gasteiger partial charge in [-0.2, -0.15) is 0 Å². The highest BCUT2D eigenvalue weighted by atomic mass is 16.5. The van der Waals surface area contributed by atoms with Crippen molar-refractivity contribution in [1.82, 2.24) is 9.13 Å². The molecule has 9 nitrogen and oxygen atoms in total. The molecular formula is C11H15N3O6. The van der Waals surface area contributed by atoms with Gasteiger partial charge in [0.25, 0.3) is 5.56 Å². The molecule has 1 aromatic rings. The zero-order valence-corrected chi connectivity index (χ0v) is 11.0. The van der Waals surface area contributed by atoms with Gasteiger partial charge in [-0.25, -0.2) is 4.79 Å². The Balaban J connectivity index is 2.57. The fraction of sp³-hybridized carbons (Fsp3) is 0.636. The molecule has 0 amide bonds. The maximum atomic E-state index is 12.0. The van der Waals surface area contributed by atoms with E-state index in [0.717, 1.165) is 15.2 Å². The van der Waals surface area contributed by atoms with Gasteiger partial charge >= 0.3 is 5.69 Å². The molecule has 1 fully saturated rings. The lowest BCUT2D eigenvalue weighted by molar-refractivity contribution is -0.0491. The number of hydrogen-bond donors (Lipinski definition) is 2. The van der Waals surface area contributed by atoms with Crippen LogP contribution >= 0.6 is 0 Å². The summed E-state index contributed by atoms with van der Waals surface area (Å²) in [6.45, 7) is 0.797. The van der Waals surface area contributed by atoms with Gasteiger partial charge in [-0.3, -0.25) is 13.9 Å². The molecule has 0 bridgehead atoms. The topological polar surface area (TPSA) is 123 Å². The summed E-state index contributed by atoms with van der Waals surface area (Å²) in [7, 11) is 1.28. The molecule has 0 spiro atoms. The zero-order valence-electron chi connectivity index (χ0n) is 11.0. The van der Waals surface area contributed by atoms with Crippen LogP contribution in [0.15, 0.2) is 27.0 Å². The molecule has 1 unspecified atom stereocenters. The first-order valence-corrected chi connectivity index (χ1v) is 5.94. The molecule has 1 aromatic heterocycles. The first-order valence-electron chi connectivity index (χ1n) is 5.94. The van der Waals surface area contributed by atoms with Crippen molar-refractivity contribution in [2.45, 2.75) is 30.9 Å². The molecule has 20 heavy (non-hydrogen) atoms. The van der Waals surface area contributed by atoms with Crippen molar-refractivity contribution >= 4 is 0 Å². The third-order valence-electron chi connectivity index (χ3n) is 3.60. The van der Waals surface area contributed by atoms with E-state index >= 15 is 0 Å². The van der Waals surface area contributed by atoms with Gasteiger partial charge in [0.15, 0.2) is 11.8 Å². The summed E-state index contributed by atoms with van der Waals surface area (Å²) in [6.07, 6.45) is -2.43. The number of aliphatic hydroxyl groups is 2. The van der Waals surface area contributed by atoms with E-state index in [-0.39, 0.29) is 0 Å². The maximum Gasteiger partial charge on any atom is 0.332 e. The summed E-state index contributed by atoms with van der Waals surface area (Å²) in [5.74, 6) is 0. The Hall–Kier alpha value is -1.84. The van der Waals surface area contributed by atoms with Crippen LogP contribution < -0.4 is 11.2 Å². The summed E-state index contributed by atoms with van der Waals surface area (Å²) < 4.78 is 7.19. The number of hydrogen-bond acceptors (Lipinski definition) is 7. The van der Waals surface area contributed by atoms with Crippen LogP contribution in [0.1, 0.15) is 13.2 Å². The molecule has 1 aliphatic heterocycles. The van der Waals surface area contributed by atoms with Gasteiger partial charge in [-0.1, -0.05) is 5.18 Å². The van der Waals surface area contributed by atoms with Crippen molar-refractivity contribution in [3.63, 3.8) is 0 Å². The summed E-state index contributed by atoms with van der Waals surface area (Å²) in [6, 6.07) is 1.13. The predicted octanol–water partition coefficient (Wildman–Crippen LogP) is -1.68. The van der Waals surface area contributed by atoms with Crippen molar-refractivity contribution in [2.24, 2.45) is 12.2 Å². The number of rotatable bonds is 3. The largest absolute Gasteiger partial charge is 0.394 e. The van der Waals surface area contributed by atoms with Crippen molar-refractivity contribution in [1.29, 1.82) is 0 Å². The molecule has 2 N–H and O–H groups in total. The average Bonchev–Trinajstić information content (AvgIpc) is 2.70. The van der Waals surface area contributed by atoms with Gasteiger partial charge in [0.2, 0.25) is 0 Å². The van der Waals surface area contributed by atoms with Crippen LogP contribution in [0.2, 0.25) is 0 Å². The number of aliphatic hydroxyl groups excluding tert-OH is 2. The zero-order chi connectivity index (χ0) is 15.1. The van der Waals surface area contributed by atoms with E-state index in [1.54, 1.807) is 0 Å². The SMILES string of the molecule is Cn1c(=O)ccn([C@@H]2O[C@H](CO)C(O)[C@]2(C)N=O)c1=O. The van der Waals surface area contributed by atoms with E-state index in [4.69, 9.17) is 9.84 Å². The summed E-state index contributed by atoms with van der Waals surface area (Å²) in [5.41, 5.74) is -2.86. The Bertz CT molecular complexity index is 638. The summed E-state index contributed by atoms with van der Waals surface area (Å²) >= 11 is 0. The highest BCUT2D eigenvalue weighted by Gasteiger charge is 2.56. The van der Waals surface area contributed by atoms with Crippen molar-refractivity contribution in [2.75, 3.05) is 6.61 Å². The van der Waals surface area contributed by atoms with Crippen molar-refractivity contribution in [3.05, 3.63) is 38.0 Å². The van der Waals surface area contributed by atoms with Crippen LogP contribution in [0, 0.1) is 4.91 Å². The van der Waals surface area contributed by atoms with E-state index in [2.05, 4.69) is 5.18 Å². The minimum Gasteiger partial charge on any atom is -0.394 e. The first kappa shape index (κ1) is 14.6. The number of ether oxygens (including phenoxy) is 1. The monoisotopic (exact) mass is 285 g/mol. The quantitative estimate of drug-likeness (QED) is 0.640. The molecule has 110 valence electrons. The van der Waals surface area contributed by atoms with E-state index in [0.29, 0.717) is 0 Å². The Morgan fingerprint density at radius 3 is 2.70 bits per heavy atom. The standard InChI is InChI=1S/C11H15N3O6/c1-11(12-19)8(17)6(5-15)20-9(11)14-4-3-7(16)13(2)10(14)18/h3-4,6,8-9,15,17H,5H2,1-2H3/t6-,8?,9-,11+/m1/s1. The Morgan fingerprint density at radius 1 is 1.50 bits per heavy atom. The molecule has 1 aliphatic rings. The number of aromatic nitrogens is 2. The van der Waals surface area contributed by atoms with Crippen molar-refractivity contribution < 1.29 is 14.9 Å². The number of nitrogens with zero attached hydrogens (tertiary/aromatic N) is 3. The normalized spacial score (nSPS) is 33.3. The van der Waals surface area contributed by atoms with Crippen LogP contribution in [0.25, 0.3) is 0 Å². The highest BCUT2D eigenvalue weighted by Crippen LogP contribution is 2.40. The third kappa shape index (κ3) is 1.90. The van der Waals surface area contributed by atoms with Gasteiger partial charge in [-0.05, 0) is 6.92 Å². The molecule has 2 rings (SSSR count). The molecule has 0 aromatic carbocycles. The molecule has 0 saturated carbocycles. The van der Waals surface area contributed by atoms with Crippen LogP contribution in [0.3, 0.4) is 0 Å². The molecule has 0 radical (unpaired) electrons. The number of nitroso groups, excluding NO2 is 1. The van der Waals surface area contributed by atoms with E-state index < -0.39 is 41.8 Å². The lowest BCUT2D eigenvalue weighted by Gasteiger charge is -2.25. The second kappa shape index (κ2) is 4.93. The fourth-order valence-corrected chi connectivity index (χ4v) is 2.25. The average molecular weight is 285 g/mol. The Labute approximate surface area is 113 Å². The molecule has 4 atom stereocenters. The minimum absolute atomic E-state index is 0.510. The lowest BCUT2D eigenvalue weighted by atomic mass is 9.93. The molecule has 2 heterocycles. The Morgan fingerprint density at radius 2 is 2.15 bits per heavy atom. The van der Waals surface area contributed by atoms with Crippen LogP contribution in [-0.4, -0.2) is 43.7 Å². The molecule has 9 heteroatoms. The van der Waals surface area contributed by atoms with Crippen LogP contribution in [-0.2, 0) is 11.8 Å². The van der Waals surface area contributed by atoms with Gasteiger partial charge in [0.05, 0.1) is 6.61 Å². The van der Waals surface area contributed by atoms with Gasteiger partial charge < -0.3 is 14.9 Å². The first-order chi connectivity index (χ1) is 9.36. The van der Waals surface area contributed by atoms with E-state index in [1.165, 1.54) is 20.2 Å². The maximum absolute atomic E-state index is 12.0. The Kier molecular flexibility index (Phi) is 3.59. The summed E-state index contributed by atoms with van der Waals surface area (Å²) in [5, 5.41) is 22.0. The van der Waals surface area contributed by atoms with Crippen LogP contribution in [0.5, 0.6) is 0 Å². The molecule has 0 aliphatic carbocycles. The highest BCUT2D eigenvalue weighted by molar-refractivity contribution is 5.06. The predicted molar refractivity (Wildman–Crippen MR) is 67.1 cm³/mol. The third-order valence-corrected chi connectivity index (χ3v) is 3.60. The smallest absolute Gasteiger partial charge is 0.332 e. The molecule has 1 saturated heterocycles. The minimum atomic E-state index is -1.64. The van der Waals surface area contributed by atoms with E-state index in [1.807, 2.05) is 0 Å². The van der Waals surface area contributed by atoms with Crippen LogP contribution in [0.4, 0.5) is 0 Å². The lowest BCUT2D eigenvalue weighted by Crippen LogP contribution is -2.47. The molecular weight excluding hydrogens is 270 g/mol. The second-order valence-corrected chi connectivity index (χ2v) is 4.87. The fourth-order valence-electron chi connectivity index (χ4n) is 2.25. The van der Waals surface area contributed by atoms with Gasteiger partial charge in [0.1, 0.15) is 12.2 Å². The second-order valence-electron chi connectivity index (χ2n) is 4.87. The van der Waals surface area contributed by atoms with Crippen molar-refractivity contribution in [3.8, 4) is 0 Å².